The summed E-state index contributed by atoms with van der Waals surface area (Å²) in [5, 5.41) is 27.4. The quantitative estimate of drug-likeness (QED) is 0.667. The Balaban J connectivity index is 2.60. The lowest BCUT2D eigenvalue weighted by Crippen LogP contribution is -2.10. The summed E-state index contributed by atoms with van der Waals surface area (Å²) < 4.78 is 5.23. The van der Waals surface area contributed by atoms with E-state index in [1.807, 2.05) is 6.92 Å². The first-order valence-corrected chi connectivity index (χ1v) is 5.81. The molecule has 0 aliphatic carbocycles. The molecule has 17 heavy (non-hydrogen) atoms. The highest BCUT2D eigenvalue weighted by atomic mass is 16.5. The molecular formula is C13H20O4. The van der Waals surface area contributed by atoms with Gasteiger partial charge in [-0.25, -0.2) is 0 Å². The van der Waals surface area contributed by atoms with Gasteiger partial charge in [0.05, 0.1) is 12.7 Å². The maximum absolute atomic E-state index is 10.00. The number of rotatable bonds is 7. The lowest BCUT2D eigenvalue weighted by Gasteiger charge is -2.18. The van der Waals surface area contributed by atoms with Crippen LogP contribution in [0.2, 0.25) is 0 Å². The minimum absolute atomic E-state index is 0.0160. The molecule has 4 heteroatoms. The fourth-order valence-electron chi connectivity index (χ4n) is 1.61. The van der Waals surface area contributed by atoms with Crippen molar-refractivity contribution in [3.63, 3.8) is 0 Å². The molecule has 0 saturated heterocycles. The van der Waals surface area contributed by atoms with E-state index >= 15 is 0 Å². The van der Waals surface area contributed by atoms with Crippen molar-refractivity contribution in [2.45, 2.75) is 19.4 Å². The van der Waals surface area contributed by atoms with Gasteiger partial charge < -0.3 is 20.1 Å². The zero-order valence-electron chi connectivity index (χ0n) is 10.0. The van der Waals surface area contributed by atoms with Crippen molar-refractivity contribution in [1.29, 1.82) is 0 Å². The Kier molecular flexibility index (Phi) is 5.97. The van der Waals surface area contributed by atoms with Crippen LogP contribution in [-0.4, -0.2) is 35.1 Å². The standard InChI is InChI=1S/C13H20O4/c1-10(6-7-14)13(16)11-2-4-12(5-3-11)17-9-8-15/h2-5,10,13-16H,6-9H2,1H3/t10-,13+/m0/s1. The largest absolute Gasteiger partial charge is 0.491 e. The zero-order valence-corrected chi connectivity index (χ0v) is 10.0. The summed E-state index contributed by atoms with van der Waals surface area (Å²) in [5.74, 6) is 0.689. The molecule has 3 N–H and O–H groups in total. The summed E-state index contributed by atoms with van der Waals surface area (Å²) >= 11 is 0. The van der Waals surface area contributed by atoms with E-state index in [0.29, 0.717) is 12.2 Å². The van der Waals surface area contributed by atoms with Gasteiger partial charge in [-0.2, -0.15) is 0 Å². The molecule has 0 amide bonds. The van der Waals surface area contributed by atoms with Crippen LogP contribution in [0.5, 0.6) is 5.75 Å². The number of benzene rings is 1. The van der Waals surface area contributed by atoms with Crippen LogP contribution in [0.4, 0.5) is 0 Å². The second-order valence-electron chi connectivity index (χ2n) is 4.08. The van der Waals surface area contributed by atoms with Crippen LogP contribution < -0.4 is 4.74 Å². The van der Waals surface area contributed by atoms with Crippen molar-refractivity contribution in [2.75, 3.05) is 19.8 Å². The third-order valence-corrected chi connectivity index (χ3v) is 2.71. The number of hydrogen-bond donors (Lipinski definition) is 3. The van der Waals surface area contributed by atoms with Gasteiger partial charge in [0.2, 0.25) is 0 Å². The van der Waals surface area contributed by atoms with Crippen molar-refractivity contribution < 1.29 is 20.1 Å². The first kappa shape index (κ1) is 14.0. The van der Waals surface area contributed by atoms with Gasteiger partial charge in [-0.1, -0.05) is 19.1 Å². The molecule has 1 aromatic rings. The van der Waals surface area contributed by atoms with Gasteiger partial charge in [0.15, 0.2) is 0 Å². The summed E-state index contributed by atoms with van der Waals surface area (Å²) in [6.45, 7) is 2.23. The minimum atomic E-state index is -0.575. The summed E-state index contributed by atoms with van der Waals surface area (Å²) in [6, 6.07) is 7.12. The Labute approximate surface area is 101 Å². The molecule has 0 saturated carbocycles. The predicted molar refractivity (Wildman–Crippen MR) is 64.8 cm³/mol. The molecule has 0 bridgehead atoms. The molecule has 4 nitrogen and oxygen atoms in total. The molecule has 0 fully saturated rings. The summed E-state index contributed by atoms with van der Waals surface area (Å²) in [7, 11) is 0. The molecular weight excluding hydrogens is 220 g/mol. The highest BCUT2D eigenvalue weighted by Gasteiger charge is 2.15. The van der Waals surface area contributed by atoms with Crippen LogP contribution in [0.3, 0.4) is 0 Å². The topological polar surface area (TPSA) is 69.9 Å². The van der Waals surface area contributed by atoms with E-state index < -0.39 is 6.10 Å². The summed E-state index contributed by atoms with van der Waals surface area (Å²) in [5.41, 5.74) is 0.808. The second kappa shape index (κ2) is 7.27. The molecule has 0 aliphatic heterocycles. The molecule has 0 radical (unpaired) electrons. The lowest BCUT2D eigenvalue weighted by atomic mass is 9.95. The minimum Gasteiger partial charge on any atom is -0.491 e. The highest BCUT2D eigenvalue weighted by molar-refractivity contribution is 5.28. The van der Waals surface area contributed by atoms with Gasteiger partial charge in [0, 0.05) is 6.61 Å². The predicted octanol–water partition coefficient (Wildman–Crippen LogP) is 1.11. The second-order valence-corrected chi connectivity index (χ2v) is 4.08. The van der Waals surface area contributed by atoms with Gasteiger partial charge in [-0.15, -0.1) is 0 Å². The van der Waals surface area contributed by atoms with Gasteiger partial charge in [-0.3, -0.25) is 0 Å². The highest BCUT2D eigenvalue weighted by Crippen LogP contribution is 2.25. The van der Waals surface area contributed by atoms with Crippen molar-refractivity contribution in [3.8, 4) is 5.75 Å². The number of aliphatic hydroxyl groups excluding tert-OH is 3. The smallest absolute Gasteiger partial charge is 0.119 e. The van der Waals surface area contributed by atoms with E-state index in [-0.39, 0.29) is 25.7 Å². The number of ether oxygens (including phenoxy) is 1. The van der Waals surface area contributed by atoms with Gasteiger partial charge in [0.1, 0.15) is 12.4 Å². The Bertz CT molecular complexity index is 310. The van der Waals surface area contributed by atoms with Crippen LogP contribution in [-0.2, 0) is 0 Å². The molecule has 0 aliphatic rings. The number of hydrogen-bond acceptors (Lipinski definition) is 4. The molecule has 2 atom stereocenters. The number of aliphatic hydroxyl groups is 3. The van der Waals surface area contributed by atoms with Crippen LogP contribution in [0, 0.1) is 5.92 Å². The van der Waals surface area contributed by atoms with E-state index in [0.717, 1.165) is 5.56 Å². The Morgan fingerprint density at radius 2 is 1.76 bits per heavy atom. The molecule has 0 spiro atoms. The van der Waals surface area contributed by atoms with Gasteiger partial charge in [0.25, 0.3) is 0 Å². The normalized spacial score (nSPS) is 14.4. The Morgan fingerprint density at radius 1 is 1.12 bits per heavy atom. The first-order chi connectivity index (χ1) is 8.19. The average Bonchev–Trinajstić information content (AvgIpc) is 2.36. The molecule has 0 aromatic heterocycles. The van der Waals surface area contributed by atoms with Crippen molar-refractivity contribution in [1.82, 2.24) is 0 Å². The molecule has 96 valence electrons. The Morgan fingerprint density at radius 3 is 2.29 bits per heavy atom. The van der Waals surface area contributed by atoms with Crippen molar-refractivity contribution in [2.24, 2.45) is 5.92 Å². The third kappa shape index (κ3) is 4.34. The van der Waals surface area contributed by atoms with E-state index in [1.165, 1.54) is 0 Å². The zero-order chi connectivity index (χ0) is 12.7. The van der Waals surface area contributed by atoms with Crippen LogP contribution in [0.15, 0.2) is 24.3 Å². The SMILES string of the molecule is C[C@@H](CCO)[C@@H](O)c1ccc(OCCO)cc1. The van der Waals surface area contributed by atoms with Gasteiger partial charge in [-0.05, 0) is 30.0 Å². The average molecular weight is 240 g/mol. The summed E-state index contributed by atoms with van der Waals surface area (Å²) in [4.78, 5) is 0. The van der Waals surface area contributed by atoms with Crippen LogP contribution in [0.25, 0.3) is 0 Å². The fraction of sp³-hybridized carbons (Fsp3) is 0.538. The van der Waals surface area contributed by atoms with E-state index in [9.17, 15) is 5.11 Å². The van der Waals surface area contributed by atoms with Gasteiger partial charge >= 0.3 is 0 Å². The van der Waals surface area contributed by atoms with Crippen molar-refractivity contribution >= 4 is 0 Å². The van der Waals surface area contributed by atoms with E-state index in [2.05, 4.69) is 0 Å². The maximum atomic E-state index is 10.00. The van der Waals surface area contributed by atoms with Crippen LogP contribution >= 0.6 is 0 Å². The molecule has 0 unspecified atom stereocenters. The lowest BCUT2D eigenvalue weighted by molar-refractivity contribution is 0.0990. The van der Waals surface area contributed by atoms with E-state index in [1.54, 1.807) is 24.3 Å². The monoisotopic (exact) mass is 240 g/mol. The third-order valence-electron chi connectivity index (χ3n) is 2.71. The molecule has 1 aromatic carbocycles. The molecule has 1 rings (SSSR count). The molecule has 0 heterocycles. The first-order valence-electron chi connectivity index (χ1n) is 5.81. The summed E-state index contributed by atoms with van der Waals surface area (Å²) in [6.07, 6.45) is -0.00162. The van der Waals surface area contributed by atoms with E-state index in [4.69, 9.17) is 14.9 Å². The Hall–Kier alpha value is -1.10. The maximum Gasteiger partial charge on any atom is 0.119 e. The van der Waals surface area contributed by atoms with Crippen LogP contribution in [0.1, 0.15) is 25.0 Å². The van der Waals surface area contributed by atoms with Crippen molar-refractivity contribution in [3.05, 3.63) is 29.8 Å². The fourth-order valence-corrected chi connectivity index (χ4v) is 1.61.